The molecule has 0 saturated carbocycles. The van der Waals surface area contributed by atoms with Crippen molar-refractivity contribution in [2.45, 2.75) is 39.7 Å². The van der Waals surface area contributed by atoms with E-state index in [-0.39, 0.29) is 0 Å². The average Bonchev–Trinajstić information content (AvgIpc) is 2.37. The standard InChI is InChI=1S/C13H32N4O2S/c1-6-8-14-9-7-11-17(5)20(18,19)15-10-12-16(4)13(2)3/h13-15H,6-12H2,1-5H3. The van der Waals surface area contributed by atoms with Crippen LogP contribution < -0.4 is 10.0 Å². The summed E-state index contributed by atoms with van der Waals surface area (Å²) in [6.07, 6.45) is 1.92. The molecule has 0 aromatic rings. The van der Waals surface area contributed by atoms with Gasteiger partial charge in [-0.1, -0.05) is 6.92 Å². The highest BCUT2D eigenvalue weighted by Gasteiger charge is 2.16. The Bertz CT molecular complexity index is 333. The van der Waals surface area contributed by atoms with Crippen LogP contribution in [0.3, 0.4) is 0 Å². The molecule has 122 valence electrons. The molecule has 0 aliphatic carbocycles. The summed E-state index contributed by atoms with van der Waals surface area (Å²) in [6.45, 7) is 9.81. The van der Waals surface area contributed by atoms with Gasteiger partial charge in [-0.25, -0.2) is 4.72 Å². The first-order chi connectivity index (χ1) is 9.31. The Morgan fingerprint density at radius 3 is 2.25 bits per heavy atom. The molecule has 0 amide bonds. The molecule has 2 N–H and O–H groups in total. The topological polar surface area (TPSA) is 64.7 Å². The molecule has 0 aliphatic heterocycles. The largest absolute Gasteiger partial charge is 0.317 e. The maximum Gasteiger partial charge on any atom is 0.279 e. The van der Waals surface area contributed by atoms with Gasteiger partial charge >= 0.3 is 0 Å². The van der Waals surface area contributed by atoms with E-state index < -0.39 is 10.2 Å². The first-order valence-electron chi connectivity index (χ1n) is 7.43. The van der Waals surface area contributed by atoms with Gasteiger partial charge in [-0.05, 0) is 46.8 Å². The Kier molecular flexibility index (Phi) is 10.4. The minimum atomic E-state index is -3.35. The van der Waals surface area contributed by atoms with Crippen molar-refractivity contribution in [1.82, 2.24) is 19.2 Å². The summed E-state index contributed by atoms with van der Waals surface area (Å²) in [6, 6.07) is 0.418. The summed E-state index contributed by atoms with van der Waals surface area (Å²) in [5, 5.41) is 3.26. The molecule has 0 saturated heterocycles. The summed E-state index contributed by atoms with van der Waals surface area (Å²) in [5.74, 6) is 0. The third-order valence-electron chi connectivity index (χ3n) is 3.29. The summed E-state index contributed by atoms with van der Waals surface area (Å²) >= 11 is 0. The number of rotatable bonds is 12. The fraction of sp³-hybridized carbons (Fsp3) is 1.00. The Hall–Kier alpha value is -0.210. The van der Waals surface area contributed by atoms with Crippen molar-refractivity contribution in [3.63, 3.8) is 0 Å². The lowest BCUT2D eigenvalue weighted by molar-refractivity contribution is 0.278. The van der Waals surface area contributed by atoms with Crippen LogP contribution in [0.15, 0.2) is 0 Å². The molecular formula is C13H32N4O2S. The second-order valence-electron chi connectivity index (χ2n) is 5.40. The molecular weight excluding hydrogens is 276 g/mol. The third-order valence-corrected chi connectivity index (χ3v) is 4.87. The van der Waals surface area contributed by atoms with Crippen LogP contribution in [0, 0.1) is 0 Å². The minimum Gasteiger partial charge on any atom is -0.317 e. The van der Waals surface area contributed by atoms with Crippen LogP contribution in [0.25, 0.3) is 0 Å². The Labute approximate surface area is 125 Å². The molecule has 0 aromatic carbocycles. The lowest BCUT2D eigenvalue weighted by Gasteiger charge is -2.22. The van der Waals surface area contributed by atoms with Gasteiger partial charge in [0.2, 0.25) is 0 Å². The van der Waals surface area contributed by atoms with Gasteiger partial charge in [0.25, 0.3) is 10.2 Å². The molecule has 6 nitrogen and oxygen atoms in total. The zero-order chi connectivity index (χ0) is 15.6. The van der Waals surface area contributed by atoms with Gasteiger partial charge in [0.1, 0.15) is 0 Å². The molecule has 0 aromatic heterocycles. The van der Waals surface area contributed by atoms with Crippen molar-refractivity contribution in [3.05, 3.63) is 0 Å². The van der Waals surface area contributed by atoms with Gasteiger partial charge < -0.3 is 10.2 Å². The van der Waals surface area contributed by atoms with Crippen molar-refractivity contribution < 1.29 is 8.42 Å². The molecule has 0 spiro atoms. The fourth-order valence-electron chi connectivity index (χ4n) is 1.57. The molecule has 0 radical (unpaired) electrons. The second-order valence-corrected chi connectivity index (χ2v) is 7.26. The highest BCUT2D eigenvalue weighted by Crippen LogP contribution is 1.96. The number of nitrogens with zero attached hydrogens (tertiary/aromatic N) is 2. The number of likely N-dealkylation sites (N-methyl/N-ethyl adjacent to an activating group) is 1. The van der Waals surface area contributed by atoms with E-state index in [9.17, 15) is 8.42 Å². The number of nitrogens with one attached hydrogen (secondary N) is 2. The second kappa shape index (κ2) is 10.5. The molecule has 0 bridgehead atoms. The number of hydrogen-bond donors (Lipinski definition) is 2. The molecule has 0 fully saturated rings. The van der Waals surface area contributed by atoms with Gasteiger partial charge in [0.05, 0.1) is 0 Å². The predicted octanol–water partition coefficient (Wildman–Crippen LogP) is 0.483. The fourth-order valence-corrected chi connectivity index (χ4v) is 2.51. The smallest absolute Gasteiger partial charge is 0.279 e. The maximum atomic E-state index is 12.0. The van der Waals surface area contributed by atoms with Crippen molar-refractivity contribution >= 4 is 10.2 Å². The van der Waals surface area contributed by atoms with Gasteiger partial charge in [-0.15, -0.1) is 0 Å². The van der Waals surface area contributed by atoms with E-state index in [2.05, 4.69) is 35.7 Å². The molecule has 0 rings (SSSR count). The highest BCUT2D eigenvalue weighted by atomic mass is 32.2. The third kappa shape index (κ3) is 8.86. The lowest BCUT2D eigenvalue weighted by Crippen LogP contribution is -2.43. The van der Waals surface area contributed by atoms with Gasteiger partial charge in [0.15, 0.2) is 0 Å². The van der Waals surface area contributed by atoms with E-state index >= 15 is 0 Å². The first kappa shape index (κ1) is 19.8. The van der Waals surface area contributed by atoms with Crippen LogP contribution in [-0.2, 0) is 10.2 Å². The molecule has 0 heterocycles. The van der Waals surface area contributed by atoms with Crippen LogP contribution in [0.5, 0.6) is 0 Å². The summed E-state index contributed by atoms with van der Waals surface area (Å²) in [5.41, 5.74) is 0. The minimum absolute atomic E-state index is 0.418. The molecule has 0 atom stereocenters. The van der Waals surface area contributed by atoms with E-state index in [0.29, 0.717) is 25.7 Å². The van der Waals surface area contributed by atoms with E-state index in [1.807, 2.05) is 7.05 Å². The number of hydrogen-bond acceptors (Lipinski definition) is 4. The molecule has 20 heavy (non-hydrogen) atoms. The van der Waals surface area contributed by atoms with Crippen LogP contribution >= 0.6 is 0 Å². The molecule has 7 heteroatoms. The summed E-state index contributed by atoms with van der Waals surface area (Å²) in [7, 11) is 0.262. The van der Waals surface area contributed by atoms with Crippen molar-refractivity contribution in [2.75, 3.05) is 46.8 Å². The van der Waals surface area contributed by atoms with E-state index in [1.165, 1.54) is 4.31 Å². The van der Waals surface area contributed by atoms with Crippen molar-refractivity contribution in [1.29, 1.82) is 0 Å². The predicted molar refractivity (Wildman–Crippen MR) is 85.1 cm³/mol. The van der Waals surface area contributed by atoms with Gasteiger partial charge in [-0.3, -0.25) is 0 Å². The van der Waals surface area contributed by atoms with Crippen molar-refractivity contribution in [2.24, 2.45) is 0 Å². The van der Waals surface area contributed by atoms with Crippen LogP contribution in [0.4, 0.5) is 0 Å². The first-order valence-corrected chi connectivity index (χ1v) is 8.87. The molecule has 0 aliphatic rings. The Morgan fingerprint density at radius 1 is 1.05 bits per heavy atom. The SMILES string of the molecule is CCCNCCCN(C)S(=O)(=O)NCCN(C)C(C)C. The van der Waals surface area contributed by atoms with Crippen molar-refractivity contribution in [3.8, 4) is 0 Å². The quantitative estimate of drug-likeness (QED) is 0.515. The van der Waals surface area contributed by atoms with E-state index in [0.717, 1.165) is 25.9 Å². The van der Waals surface area contributed by atoms with Crippen LogP contribution in [0.1, 0.15) is 33.6 Å². The molecule has 0 unspecified atom stereocenters. The summed E-state index contributed by atoms with van der Waals surface area (Å²) < 4.78 is 28.0. The van der Waals surface area contributed by atoms with Crippen LogP contribution in [0.2, 0.25) is 0 Å². The zero-order valence-corrected chi connectivity index (χ0v) is 14.5. The zero-order valence-electron chi connectivity index (χ0n) is 13.6. The maximum absolute atomic E-state index is 12.0. The lowest BCUT2D eigenvalue weighted by atomic mass is 10.3. The normalized spacial score (nSPS) is 12.8. The van der Waals surface area contributed by atoms with E-state index in [1.54, 1.807) is 7.05 Å². The highest BCUT2D eigenvalue weighted by molar-refractivity contribution is 7.87. The van der Waals surface area contributed by atoms with E-state index in [4.69, 9.17) is 0 Å². The Morgan fingerprint density at radius 2 is 1.70 bits per heavy atom. The Balaban J connectivity index is 3.91. The monoisotopic (exact) mass is 308 g/mol. The average molecular weight is 308 g/mol. The van der Waals surface area contributed by atoms with Crippen LogP contribution in [-0.4, -0.2) is 70.5 Å². The summed E-state index contributed by atoms with van der Waals surface area (Å²) in [4.78, 5) is 2.11. The van der Waals surface area contributed by atoms with Gasteiger partial charge in [0, 0.05) is 32.7 Å². The van der Waals surface area contributed by atoms with Gasteiger partial charge in [-0.2, -0.15) is 12.7 Å².